The van der Waals surface area contributed by atoms with Gasteiger partial charge in [0.1, 0.15) is 11.9 Å². The molecular formula is C21H23N3O3S. The average Bonchev–Trinajstić information content (AvgIpc) is 2.71. The number of para-hydroxylation sites is 2. The van der Waals surface area contributed by atoms with Gasteiger partial charge in [-0.1, -0.05) is 12.1 Å². The molecule has 7 heteroatoms. The van der Waals surface area contributed by atoms with Gasteiger partial charge in [-0.15, -0.1) is 11.8 Å². The Morgan fingerprint density at radius 2 is 2.14 bits per heavy atom. The molecule has 0 bridgehead atoms. The van der Waals surface area contributed by atoms with Crippen LogP contribution >= 0.6 is 11.8 Å². The minimum Gasteiger partial charge on any atom is -0.485 e. The number of nitrogens with one attached hydrogen (secondary N) is 1. The Balaban J connectivity index is 1.47. The van der Waals surface area contributed by atoms with Crippen molar-refractivity contribution in [2.24, 2.45) is 0 Å². The molecule has 28 heavy (non-hydrogen) atoms. The van der Waals surface area contributed by atoms with Gasteiger partial charge in [-0.3, -0.25) is 9.59 Å². The number of amides is 2. The third-order valence-corrected chi connectivity index (χ3v) is 6.06. The van der Waals surface area contributed by atoms with E-state index in [9.17, 15) is 9.59 Å². The van der Waals surface area contributed by atoms with Crippen LogP contribution < -0.4 is 15.0 Å². The number of thioether (sulfide) groups is 1. The maximum absolute atomic E-state index is 12.9. The maximum atomic E-state index is 12.9. The number of benzene rings is 2. The predicted octanol–water partition coefficient (Wildman–Crippen LogP) is 3.09. The highest BCUT2D eigenvalue weighted by Gasteiger charge is 2.27. The zero-order chi connectivity index (χ0) is 19.7. The number of carbonyl (C=O) groups is 2. The van der Waals surface area contributed by atoms with Crippen molar-refractivity contribution in [2.45, 2.75) is 17.9 Å². The van der Waals surface area contributed by atoms with Crippen LogP contribution in [-0.2, 0) is 4.79 Å². The average molecular weight is 398 g/mol. The van der Waals surface area contributed by atoms with Crippen LogP contribution in [0.2, 0.25) is 0 Å². The highest BCUT2D eigenvalue weighted by molar-refractivity contribution is 8.00. The molecule has 6 nitrogen and oxygen atoms in total. The second kappa shape index (κ2) is 7.75. The lowest BCUT2D eigenvalue weighted by Gasteiger charge is -2.37. The molecule has 2 aliphatic rings. The smallest absolute Gasteiger partial charge is 0.253 e. The monoisotopic (exact) mass is 397 g/mol. The first-order chi connectivity index (χ1) is 13.5. The fourth-order valence-corrected chi connectivity index (χ4v) is 4.39. The van der Waals surface area contributed by atoms with Gasteiger partial charge < -0.3 is 19.9 Å². The van der Waals surface area contributed by atoms with Crippen LogP contribution in [0.25, 0.3) is 0 Å². The standard InChI is InChI=1S/C21H23N3O3S/c1-3-24-12-15(27-18-7-5-4-6-17(18)24)11-23(2)21(26)14-8-9-19-16(10-14)22-20(25)13-28-19/h4-10,15H,3,11-13H2,1-2H3,(H,22,25). The number of rotatable bonds is 4. The molecule has 1 unspecified atom stereocenters. The molecule has 2 amide bonds. The lowest BCUT2D eigenvalue weighted by Crippen LogP contribution is -2.46. The number of anilines is 2. The Hall–Kier alpha value is -2.67. The summed E-state index contributed by atoms with van der Waals surface area (Å²) in [5, 5.41) is 2.84. The highest BCUT2D eigenvalue weighted by Crippen LogP contribution is 2.34. The van der Waals surface area contributed by atoms with Gasteiger partial charge in [-0.25, -0.2) is 0 Å². The van der Waals surface area contributed by atoms with E-state index in [1.165, 1.54) is 11.8 Å². The molecule has 1 atom stereocenters. The number of fused-ring (bicyclic) bond motifs is 2. The lowest BCUT2D eigenvalue weighted by molar-refractivity contribution is -0.113. The third kappa shape index (κ3) is 3.67. The molecule has 2 heterocycles. The molecular weight excluding hydrogens is 374 g/mol. The minimum absolute atomic E-state index is 0.0376. The van der Waals surface area contributed by atoms with Gasteiger partial charge in [0.05, 0.1) is 30.2 Å². The topological polar surface area (TPSA) is 61.9 Å². The number of likely N-dealkylation sites (N-methyl/N-ethyl adjacent to an activating group) is 2. The van der Waals surface area contributed by atoms with Crippen molar-refractivity contribution in [2.75, 3.05) is 42.7 Å². The molecule has 0 fully saturated rings. The Labute approximate surface area is 168 Å². The van der Waals surface area contributed by atoms with Crippen LogP contribution in [0.15, 0.2) is 47.4 Å². The molecule has 2 aliphatic heterocycles. The van der Waals surface area contributed by atoms with Crippen LogP contribution in [0.5, 0.6) is 5.75 Å². The van der Waals surface area contributed by atoms with E-state index >= 15 is 0 Å². The highest BCUT2D eigenvalue weighted by atomic mass is 32.2. The molecule has 0 radical (unpaired) electrons. The van der Waals surface area contributed by atoms with Crippen LogP contribution in [0.3, 0.4) is 0 Å². The van der Waals surface area contributed by atoms with Crippen LogP contribution in [0.1, 0.15) is 17.3 Å². The van der Waals surface area contributed by atoms with E-state index in [0.29, 0.717) is 23.5 Å². The molecule has 146 valence electrons. The van der Waals surface area contributed by atoms with Gasteiger partial charge in [-0.05, 0) is 37.3 Å². The first-order valence-corrected chi connectivity index (χ1v) is 10.4. The summed E-state index contributed by atoms with van der Waals surface area (Å²) in [7, 11) is 1.79. The minimum atomic E-state index is -0.100. The van der Waals surface area contributed by atoms with Crippen molar-refractivity contribution in [3.63, 3.8) is 0 Å². The van der Waals surface area contributed by atoms with Gasteiger partial charge in [-0.2, -0.15) is 0 Å². The second-order valence-electron chi connectivity index (χ2n) is 6.98. The summed E-state index contributed by atoms with van der Waals surface area (Å²) >= 11 is 1.49. The third-order valence-electron chi connectivity index (χ3n) is 4.99. The van der Waals surface area contributed by atoms with Gasteiger partial charge in [0, 0.05) is 24.1 Å². The largest absolute Gasteiger partial charge is 0.485 e. The second-order valence-corrected chi connectivity index (χ2v) is 8.00. The zero-order valence-corrected chi connectivity index (χ0v) is 16.8. The van der Waals surface area contributed by atoms with Crippen molar-refractivity contribution in [1.29, 1.82) is 0 Å². The van der Waals surface area contributed by atoms with Gasteiger partial charge >= 0.3 is 0 Å². The van der Waals surface area contributed by atoms with Crippen molar-refractivity contribution >= 4 is 35.0 Å². The fourth-order valence-electron chi connectivity index (χ4n) is 3.60. The Kier molecular flexibility index (Phi) is 5.17. The van der Waals surface area contributed by atoms with E-state index in [1.807, 2.05) is 30.3 Å². The summed E-state index contributed by atoms with van der Waals surface area (Å²) in [5.74, 6) is 1.15. The fraction of sp³-hybridized carbons (Fsp3) is 0.333. The summed E-state index contributed by atoms with van der Waals surface area (Å²) in [6.45, 7) is 4.23. The maximum Gasteiger partial charge on any atom is 0.253 e. The number of ether oxygens (including phenoxy) is 1. The number of nitrogens with zero attached hydrogens (tertiary/aromatic N) is 2. The summed E-state index contributed by atoms with van der Waals surface area (Å²) in [6, 6.07) is 13.5. The molecule has 1 N–H and O–H groups in total. The molecule has 4 rings (SSSR count). The molecule has 0 aromatic heterocycles. The molecule has 0 saturated carbocycles. The van der Waals surface area contributed by atoms with Gasteiger partial charge in [0.15, 0.2) is 0 Å². The van der Waals surface area contributed by atoms with E-state index < -0.39 is 0 Å². The van der Waals surface area contributed by atoms with E-state index in [2.05, 4.69) is 23.2 Å². The molecule has 0 saturated heterocycles. The van der Waals surface area contributed by atoms with Crippen molar-refractivity contribution in [1.82, 2.24) is 4.90 Å². The molecule has 2 aromatic rings. The van der Waals surface area contributed by atoms with Crippen molar-refractivity contribution < 1.29 is 14.3 Å². The predicted molar refractivity (Wildman–Crippen MR) is 112 cm³/mol. The quantitative estimate of drug-likeness (QED) is 0.859. The Morgan fingerprint density at radius 3 is 2.96 bits per heavy atom. The van der Waals surface area contributed by atoms with Crippen LogP contribution in [-0.4, -0.2) is 55.3 Å². The molecule has 2 aromatic carbocycles. The number of hydrogen-bond acceptors (Lipinski definition) is 5. The Bertz CT molecular complexity index is 918. The molecule has 0 spiro atoms. The van der Waals surface area contributed by atoms with Crippen molar-refractivity contribution in [3.8, 4) is 5.75 Å². The normalized spacial score (nSPS) is 17.9. The SMILES string of the molecule is CCN1CC(CN(C)C(=O)c2ccc3c(c2)NC(=O)CS3)Oc2ccccc21. The summed E-state index contributed by atoms with van der Waals surface area (Å²) in [4.78, 5) is 29.5. The summed E-state index contributed by atoms with van der Waals surface area (Å²) in [5.41, 5.74) is 2.37. The van der Waals surface area contributed by atoms with Gasteiger partial charge in [0.25, 0.3) is 5.91 Å². The Morgan fingerprint density at radius 1 is 1.32 bits per heavy atom. The summed E-state index contributed by atoms with van der Waals surface area (Å²) < 4.78 is 6.13. The van der Waals surface area contributed by atoms with Crippen LogP contribution in [0.4, 0.5) is 11.4 Å². The van der Waals surface area contributed by atoms with E-state index in [-0.39, 0.29) is 17.9 Å². The number of carbonyl (C=O) groups excluding carboxylic acids is 2. The lowest BCUT2D eigenvalue weighted by atomic mass is 10.1. The van der Waals surface area contributed by atoms with E-state index in [1.54, 1.807) is 18.0 Å². The first-order valence-electron chi connectivity index (χ1n) is 9.38. The van der Waals surface area contributed by atoms with Crippen molar-refractivity contribution in [3.05, 3.63) is 48.0 Å². The number of hydrogen-bond donors (Lipinski definition) is 1. The summed E-state index contributed by atoms with van der Waals surface area (Å²) in [6.07, 6.45) is -0.100. The van der Waals surface area contributed by atoms with Crippen LogP contribution in [0, 0.1) is 0 Å². The zero-order valence-electron chi connectivity index (χ0n) is 16.0. The van der Waals surface area contributed by atoms with Gasteiger partial charge in [0.2, 0.25) is 5.91 Å². The first kappa shape index (κ1) is 18.7. The molecule has 0 aliphatic carbocycles. The van der Waals surface area contributed by atoms with E-state index in [4.69, 9.17) is 4.74 Å². The van der Waals surface area contributed by atoms with E-state index in [0.717, 1.165) is 29.4 Å².